The smallest absolute Gasteiger partial charge is 0.303 e. The number of unbranched alkanes of at least 4 members (excludes halogenated alkanes) is 1. The summed E-state index contributed by atoms with van der Waals surface area (Å²) in [4.78, 5) is 198. The number of primary amides is 1. The van der Waals surface area contributed by atoms with Gasteiger partial charge in [0.25, 0.3) is 0 Å². The van der Waals surface area contributed by atoms with Gasteiger partial charge in [0.15, 0.2) is 0 Å². The number of thioether (sulfide) groups is 2. The van der Waals surface area contributed by atoms with Crippen molar-refractivity contribution in [2.24, 2.45) is 16.9 Å². The predicted molar refractivity (Wildman–Crippen MR) is 428 cm³/mol. The third-order valence-corrected chi connectivity index (χ3v) is 21.2. The Hall–Kier alpha value is -11.0. The number of imidazole rings is 1. The number of hydrogen-bond donors (Lipinski definition) is 19. The van der Waals surface area contributed by atoms with Gasteiger partial charge < -0.3 is 100 Å². The molecule has 2 aliphatic rings. The second kappa shape index (κ2) is 44.6. The summed E-state index contributed by atoms with van der Waals surface area (Å²) in [6.07, 6.45) is 0.866. The molecule has 12 amide bonds. The number of nitrogens with one attached hydrogen (secondary N) is 12. The molecular formula is C79H106N16O18S2. The zero-order valence-electron chi connectivity index (χ0n) is 65.0. The Morgan fingerprint density at radius 2 is 1.05 bits per heavy atom. The molecule has 2 bridgehead atoms. The van der Waals surface area contributed by atoms with Crippen LogP contribution in [0.4, 0.5) is 0 Å². The fourth-order valence-corrected chi connectivity index (χ4v) is 14.6. The molecule has 0 unspecified atom stereocenters. The van der Waals surface area contributed by atoms with E-state index in [1.165, 1.54) is 98.4 Å². The first kappa shape index (κ1) is 91.2. The average molecular weight is 1630 g/mol. The molecule has 0 saturated heterocycles. The van der Waals surface area contributed by atoms with Crippen LogP contribution in [-0.2, 0) is 99.5 Å². The first-order valence-corrected chi connectivity index (χ1v) is 40.3. The molecule has 36 heteroatoms. The van der Waals surface area contributed by atoms with Gasteiger partial charge in [-0.1, -0.05) is 94.8 Å². The Morgan fingerprint density at radius 1 is 0.565 bits per heavy atom. The van der Waals surface area contributed by atoms with Gasteiger partial charge in [0.05, 0.1) is 24.2 Å². The number of aromatic amines is 1. The van der Waals surface area contributed by atoms with Crippen LogP contribution in [0.15, 0.2) is 110 Å². The molecule has 7 rings (SSSR count). The predicted octanol–water partition coefficient (Wildman–Crippen LogP) is 0.264. The number of carbonyl (C=O) groups is 13. The SMILES string of the molecule is CCC[C@@H]1NC(=O)[C@H](Cc2ccc(O)cc2)NC(=O)[C@H](CCC(=O)O)NC(=O)[C@H](CCCCN)NC(=O)[C@H](CC2=CCc3ncccc32)NC(=O)[C@H]([C@@H](C)O)NC(=O)[C@H](Cc2cnc[nH]2)NC(=O)[C@H](Cc2ccc(O)cc2)NC(=O)[C@H](C(C)(C)C)NC(=O)CCSCc2cccc(c2)CSC[C@@H](C(N)=O)NC(=O)[C@H]([C@@H](C)O)NC1=O. The number of aromatic nitrogens is 3. The molecule has 13 atom stereocenters. The Morgan fingerprint density at radius 3 is 1.57 bits per heavy atom. The largest absolute Gasteiger partial charge is 0.508 e. The molecule has 0 saturated carbocycles. The number of fused-ring (bicyclic) bond motifs is 3. The van der Waals surface area contributed by atoms with Gasteiger partial charge in [-0.25, -0.2) is 4.98 Å². The first-order valence-electron chi connectivity index (χ1n) is 38.0. The van der Waals surface area contributed by atoms with Crippen LogP contribution in [0.25, 0.3) is 5.57 Å². The third kappa shape index (κ3) is 29.1. The van der Waals surface area contributed by atoms with E-state index in [1.54, 1.807) is 52.1 Å². The second-order valence-electron chi connectivity index (χ2n) is 29.5. The van der Waals surface area contributed by atoms with Crippen molar-refractivity contribution < 1.29 is 87.9 Å². The summed E-state index contributed by atoms with van der Waals surface area (Å²) in [5.74, 6) is -12.1. The number of nitrogens with zero attached hydrogens (tertiary/aromatic N) is 2. The van der Waals surface area contributed by atoms with Crippen LogP contribution in [0.3, 0.4) is 0 Å². The highest BCUT2D eigenvalue weighted by Gasteiger charge is 2.41. The summed E-state index contributed by atoms with van der Waals surface area (Å²) in [6.45, 7) is 9.32. The zero-order chi connectivity index (χ0) is 84.1. The number of aliphatic carboxylic acids is 1. The van der Waals surface area contributed by atoms with Crippen molar-refractivity contribution in [2.75, 3.05) is 18.1 Å². The van der Waals surface area contributed by atoms with Crippen LogP contribution in [0.5, 0.6) is 11.5 Å². The van der Waals surface area contributed by atoms with Gasteiger partial charge in [0.2, 0.25) is 70.9 Å². The number of aliphatic hydroxyl groups is 2. The van der Waals surface area contributed by atoms with Gasteiger partial charge in [-0.3, -0.25) is 67.3 Å². The summed E-state index contributed by atoms with van der Waals surface area (Å²) in [5, 5.41) is 81.8. The maximum absolute atomic E-state index is 15.2. The minimum absolute atomic E-state index is 0.0421. The molecule has 3 aromatic carbocycles. The minimum atomic E-state index is -1.90. The lowest BCUT2D eigenvalue weighted by atomic mass is 9.85. The number of rotatable bonds is 20. The van der Waals surface area contributed by atoms with Gasteiger partial charge >= 0.3 is 5.97 Å². The fourth-order valence-electron chi connectivity index (χ4n) is 12.7. The number of phenolic OH excluding ortho intramolecular Hbond substituents is 2. The second-order valence-corrected chi connectivity index (χ2v) is 31.6. The van der Waals surface area contributed by atoms with Gasteiger partial charge in [-0.2, -0.15) is 23.5 Å². The minimum Gasteiger partial charge on any atom is -0.508 e. The van der Waals surface area contributed by atoms with E-state index in [9.17, 15) is 83.1 Å². The number of phenols is 2. The van der Waals surface area contributed by atoms with Crippen LogP contribution in [0, 0.1) is 5.41 Å². The van der Waals surface area contributed by atoms with E-state index in [-0.39, 0.29) is 81.6 Å². The number of aromatic hydroxyl groups is 2. The van der Waals surface area contributed by atoms with Crippen LogP contribution < -0.4 is 70.0 Å². The number of hydrogen-bond acceptors (Lipinski definition) is 22. The number of carboxylic acids is 1. The summed E-state index contributed by atoms with van der Waals surface area (Å²) in [5.41, 5.74) is 15.3. The standard InChI is InChI=1S/C79H106N16O18S2/c1-7-12-55-71(106)94-66(44(3)97)77(112)92-62(68(81)103)41-115-40-48-14-10-13-47(33-48)39-114-32-29-63(100)93-67(79(4,5)6)78(113)91-59(35-46-19-24-52(99)25-20-46)73(108)89-61(37-50-38-82-42-84-50)75(110)95-65(43(2)96)76(111)90-60(36-49-21-26-54-53(49)15-11-31-83-54)74(109)86-56(16-8-9-30-80)69(104)87-57(27-28-64(101)102)70(105)88-58(72(107)85-55)34-45-17-22-51(98)23-18-45/h10-11,13-15,17-25,31,33,38,42-44,55-62,65-67,96-99H,7-9,12,16,26-30,32,34-37,39-41,80H2,1-6H3,(H2,81,103)(H,82,84)(H,85,107)(H,86,109)(H,87,104)(H,88,105)(H,89,108)(H,90,111)(H,91,113)(H,92,112)(H,93,100)(H,94,106)(H,95,110)(H,101,102)/t43-,44-,55+,56+,57+,58+,59+,60+,61+,62+,65+,66+,67-/m1/s1. The maximum Gasteiger partial charge on any atom is 0.303 e. The molecule has 115 heavy (non-hydrogen) atoms. The molecule has 1 aliphatic heterocycles. The van der Waals surface area contributed by atoms with Crippen LogP contribution in [0.1, 0.15) is 139 Å². The first-order chi connectivity index (χ1) is 54.7. The molecule has 5 aromatic rings. The molecular weight excluding hydrogens is 1530 g/mol. The van der Waals surface area contributed by atoms with Crippen molar-refractivity contribution in [3.8, 4) is 11.5 Å². The lowest BCUT2D eigenvalue weighted by Gasteiger charge is -2.32. The summed E-state index contributed by atoms with van der Waals surface area (Å²) in [6, 6.07) is 4.65. The lowest BCUT2D eigenvalue weighted by Crippen LogP contribution is -2.62. The van der Waals surface area contributed by atoms with E-state index < -0.39 is 174 Å². The number of aliphatic hydroxyl groups excluding tert-OH is 2. The van der Waals surface area contributed by atoms with Gasteiger partial charge in [0, 0.05) is 86.0 Å². The Kier molecular flexibility index (Phi) is 35.4. The zero-order valence-corrected chi connectivity index (χ0v) is 66.7. The normalized spacial score (nSPS) is 23.7. The molecule has 0 fully saturated rings. The number of benzene rings is 3. The van der Waals surface area contributed by atoms with Crippen molar-refractivity contribution in [2.45, 2.75) is 215 Å². The number of allylic oxidation sites excluding steroid dienone is 1. The van der Waals surface area contributed by atoms with Gasteiger partial charge in [-0.15, -0.1) is 0 Å². The number of carboxylic acid groups (broad SMARTS) is 1. The quantitative estimate of drug-likeness (QED) is 0.0465. The highest BCUT2D eigenvalue weighted by atomic mass is 32.2. The number of pyridine rings is 1. The molecule has 1 aliphatic carbocycles. The topological polar surface area (TPSA) is 549 Å². The van der Waals surface area contributed by atoms with Crippen LogP contribution >= 0.6 is 23.5 Å². The third-order valence-electron chi connectivity index (χ3n) is 19.0. The van der Waals surface area contributed by atoms with Crippen LogP contribution in [-0.4, -0.2) is 214 Å². The summed E-state index contributed by atoms with van der Waals surface area (Å²) >= 11 is 2.67. The summed E-state index contributed by atoms with van der Waals surface area (Å²) < 4.78 is 0. The molecule has 2 aromatic heterocycles. The number of H-pyrrole nitrogens is 1. The van der Waals surface area contributed by atoms with E-state index in [0.717, 1.165) is 11.1 Å². The Bertz CT molecular complexity index is 4220. The molecule has 34 nitrogen and oxygen atoms in total. The highest BCUT2D eigenvalue weighted by molar-refractivity contribution is 7.98. The van der Waals surface area contributed by atoms with Crippen molar-refractivity contribution in [3.05, 3.63) is 149 Å². The van der Waals surface area contributed by atoms with Crippen molar-refractivity contribution in [3.63, 3.8) is 0 Å². The highest BCUT2D eigenvalue weighted by Crippen LogP contribution is 2.30. The van der Waals surface area contributed by atoms with Crippen molar-refractivity contribution >= 4 is 106 Å². The monoisotopic (exact) mass is 1630 g/mol. The molecule has 622 valence electrons. The van der Waals surface area contributed by atoms with Gasteiger partial charge in [0.1, 0.15) is 78.0 Å². The summed E-state index contributed by atoms with van der Waals surface area (Å²) in [7, 11) is 0. The fraction of sp³-hybridized carbons (Fsp3) is 0.481. The van der Waals surface area contributed by atoms with E-state index in [0.29, 0.717) is 63.8 Å². The molecule has 0 radical (unpaired) electrons. The Balaban J connectivity index is 1.26. The molecule has 0 spiro atoms. The van der Waals surface area contributed by atoms with Gasteiger partial charge in [-0.05, 0) is 122 Å². The van der Waals surface area contributed by atoms with Crippen molar-refractivity contribution in [1.29, 1.82) is 0 Å². The Labute approximate surface area is 674 Å². The maximum atomic E-state index is 15.2. The molecule has 3 heterocycles. The van der Waals surface area contributed by atoms with E-state index in [4.69, 9.17) is 11.5 Å². The number of carbonyl (C=O) groups excluding carboxylic acids is 12. The van der Waals surface area contributed by atoms with E-state index in [2.05, 4.69) is 73.4 Å². The number of nitrogens with two attached hydrogens (primary N) is 2. The van der Waals surface area contributed by atoms with Crippen molar-refractivity contribution in [1.82, 2.24) is 73.4 Å². The van der Waals surface area contributed by atoms with Crippen LogP contribution in [0.2, 0.25) is 0 Å². The lowest BCUT2D eigenvalue weighted by molar-refractivity contribution is -0.139. The van der Waals surface area contributed by atoms with E-state index >= 15 is 4.79 Å². The van der Waals surface area contributed by atoms with E-state index in [1.807, 2.05) is 24.3 Å². The molecule has 21 N–H and O–H groups in total. The average Bonchev–Trinajstić information content (AvgIpc) is 1.70. The number of amides is 12.